The van der Waals surface area contributed by atoms with Crippen LogP contribution >= 0.6 is 11.8 Å². The first kappa shape index (κ1) is 19.9. The molecular formula is C21H23N3O3S. The van der Waals surface area contributed by atoms with Crippen LogP contribution in [-0.4, -0.2) is 30.0 Å². The molecule has 146 valence electrons. The molecule has 0 saturated carbocycles. The number of fused-ring (bicyclic) bond motifs is 1. The van der Waals surface area contributed by atoms with Crippen molar-refractivity contribution in [1.29, 1.82) is 0 Å². The molecule has 0 saturated heterocycles. The number of nitrogens with one attached hydrogen (secondary N) is 2. The lowest BCUT2D eigenvalue weighted by Gasteiger charge is -2.28. The van der Waals surface area contributed by atoms with Gasteiger partial charge in [0, 0.05) is 23.5 Å². The minimum absolute atomic E-state index is 0.00155. The second-order valence-electron chi connectivity index (χ2n) is 6.51. The smallest absolute Gasteiger partial charge is 0.240 e. The number of nitrogens with zero attached hydrogens (tertiary/aromatic N) is 1. The third-order valence-electron chi connectivity index (χ3n) is 4.31. The third-order valence-corrected chi connectivity index (χ3v) is 5.36. The zero-order valence-electron chi connectivity index (χ0n) is 15.7. The zero-order chi connectivity index (χ0) is 19.9. The van der Waals surface area contributed by atoms with Crippen molar-refractivity contribution in [2.45, 2.75) is 31.2 Å². The van der Waals surface area contributed by atoms with E-state index in [1.807, 2.05) is 55.5 Å². The molecule has 3 rings (SSSR count). The van der Waals surface area contributed by atoms with Gasteiger partial charge in [-0.25, -0.2) is 0 Å². The first-order valence-corrected chi connectivity index (χ1v) is 10.2. The Hall–Kier alpha value is -2.80. The molecule has 28 heavy (non-hydrogen) atoms. The Balaban J connectivity index is 1.53. The number of rotatable bonds is 7. The molecule has 7 heteroatoms. The van der Waals surface area contributed by atoms with Gasteiger partial charge in [-0.3, -0.25) is 14.4 Å². The van der Waals surface area contributed by atoms with Crippen LogP contribution in [0.25, 0.3) is 0 Å². The highest BCUT2D eigenvalue weighted by Crippen LogP contribution is 2.34. The molecule has 2 aromatic carbocycles. The summed E-state index contributed by atoms with van der Waals surface area (Å²) in [6.07, 6.45) is 1.30. The van der Waals surface area contributed by atoms with Crippen LogP contribution in [0.4, 0.5) is 11.4 Å². The fourth-order valence-corrected chi connectivity index (χ4v) is 3.82. The highest BCUT2D eigenvalue weighted by atomic mass is 32.2. The minimum Gasteiger partial charge on any atom is -0.350 e. The van der Waals surface area contributed by atoms with Crippen molar-refractivity contribution in [3.05, 3.63) is 54.1 Å². The average Bonchev–Trinajstić information content (AvgIpc) is 2.70. The number of anilines is 2. The predicted molar refractivity (Wildman–Crippen MR) is 111 cm³/mol. The van der Waals surface area contributed by atoms with Crippen LogP contribution in [0.3, 0.4) is 0 Å². The second-order valence-corrected chi connectivity index (χ2v) is 7.53. The number of carbonyl (C=O) groups excluding carboxylic acids is 3. The Kier molecular flexibility index (Phi) is 6.71. The molecule has 0 atom stereocenters. The van der Waals surface area contributed by atoms with Crippen LogP contribution in [-0.2, 0) is 20.9 Å². The van der Waals surface area contributed by atoms with Crippen molar-refractivity contribution in [1.82, 2.24) is 5.32 Å². The topological polar surface area (TPSA) is 78.5 Å². The average molecular weight is 398 g/mol. The summed E-state index contributed by atoms with van der Waals surface area (Å²) in [7, 11) is 0. The van der Waals surface area contributed by atoms with E-state index in [1.165, 1.54) is 16.7 Å². The van der Waals surface area contributed by atoms with Crippen molar-refractivity contribution in [2.75, 3.05) is 22.5 Å². The molecule has 1 aliphatic heterocycles. The standard InChI is InChI=1S/C21H23N3O3S/c1-2-5-19(25)23-16-10-8-15(9-11-16)12-22-20(26)13-24-17-6-3-4-7-18(17)28-14-21(24)27/h3-4,6-11H,2,5,12-14H2,1H3,(H,22,26)(H,23,25). The van der Waals surface area contributed by atoms with Crippen molar-refractivity contribution in [2.24, 2.45) is 0 Å². The van der Waals surface area contributed by atoms with Crippen molar-refractivity contribution in [3.8, 4) is 0 Å². The molecule has 0 aliphatic carbocycles. The van der Waals surface area contributed by atoms with Gasteiger partial charge in [0.2, 0.25) is 17.7 Å². The van der Waals surface area contributed by atoms with Gasteiger partial charge in [0.1, 0.15) is 6.54 Å². The lowest BCUT2D eigenvalue weighted by molar-refractivity contribution is -0.123. The number of carbonyl (C=O) groups is 3. The Labute approximate surface area is 168 Å². The normalized spacial score (nSPS) is 13.0. The maximum atomic E-state index is 12.4. The molecule has 1 heterocycles. The molecule has 2 N–H and O–H groups in total. The lowest BCUT2D eigenvalue weighted by Crippen LogP contribution is -2.43. The van der Waals surface area contributed by atoms with E-state index in [4.69, 9.17) is 0 Å². The van der Waals surface area contributed by atoms with Crippen LogP contribution in [0.2, 0.25) is 0 Å². The monoisotopic (exact) mass is 397 g/mol. The summed E-state index contributed by atoms with van der Waals surface area (Å²) in [6, 6.07) is 15.0. The number of benzene rings is 2. The fraction of sp³-hybridized carbons (Fsp3) is 0.286. The van der Waals surface area contributed by atoms with E-state index in [0.717, 1.165) is 28.3 Å². The lowest BCUT2D eigenvalue weighted by atomic mass is 10.2. The van der Waals surface area contributed by atoms with Gasteiger partial charge in [-0.15, -0.1) is 11.8 Å². The summed E-state index contributed by atoms with van der Waals surface area (Å²) in [6.45, 7) is 2.32. The summed E-state index contributed by atoms with van der Waals surface area (Å²) in [5.41, 5.74) is 2.44. The number of hydrogen-bond donors (Lipinski definition) is 2. The number of thioether (sulfide) groups is 1. The van der Waals surface area contributed by atoms with Crippen LogP contribution in [0, 0.1) is 0 Å². The maximum Gasteiger partial charge on any atom is 0.240 e. The Morgan fingerprint density at radius 1 is 1.07 bits per heavy atom. The fourth-order valence-electron chi connectivity index (χ4n) is 2.88. The first-order chi connectivity index (χ1) is 13.6. The number of para-hydroxylation sites is 1. The number of amides is 3. The van der Waals surface area contributed by atoms with Gasteiger partial charge in [0.05, 0.1) is 11.4 Å². The largest absolute Gasteiger partial charge is 0.350 e. The van der Waals surface area contributed by atoms with E-state index in [2.05, 4.69) is 10.6 Å². The van der Waals surface area contributed by atoms with Crippen molar-refractivity contribution >= 4 is 40.9 Å². The highest BCUT2D eigenvalue weighted by molar-refractivity contribution is 8.00. The molecule has 0 radical (unpaired) electrons. The van der Waals surface area contributed by atoms with Gasteiger partial charge >= 0.3 is 0 Å². The quantitative estimate of drug-likeness (QED) is 0.752. The molecule has 3 amide bonds. The van der Waals surface area contributed by atoms with Crippen molar-refractivity contribution < 1.29 is 14.4 Å². The Bertz CT molecular complexity index is 867. The van der Waals surface area contributed by atoms with Gasteiger partial charge in [0.15, 0.2) is 0 Å². The summed E-state index contributed by atoms with van der Waals surface area (Å²) < 4.78 is 0. The van der Waals surface area contributed by atoms with Crippen LogP contribution in [0.5, 0.6) is 0 Å². The molecule has 1 aliphatic rings. The van der Waals surface area contributed by atoms with E-state index in [9.17, 15) is 14.4 Å². The summed E-state index contributed by atoms with van der Waals surface area (Å²) in [5, 5.41) is 5.68. The van der Waals surface area contributed by atoms with Gasteiger partial charge < -0.3 is 15.5 Å². The molecule has 6 nitrogen and oxygen atoms in total. The van der Waals surface area contributed by atoms with Gasteiger partial charge in [-0.05, 0) is 36.2 Å². The molecule has 0 bridgehead atoms. The predicted octanol–water partition coefficient (Wildman–Crippen LogP) is 3.18. The summed E-state index contributed by atoms with van der Waals surface area (Å²) in [4.78, 5) is 38.7. The van der Waals surface area contributed by atoms with E-state index < -0.39 is 0 Å². The van der Waals surface area contributed by atoms with Crippen molar-refractivity contribution in [3.63, 3.8) is 0 Å². The van der Waals surface area contributed by atoms with E-state index in [0.29, 0.717) is 18.7 Å². The zero-order valence-corrected chi connectivity index (χ0v) is 16.6. The SMILES string of the molecule is CCCC(=O)Nc1ccc(CNC(=O)CN2C(=O)CSc3ccccc32)cc1. The molecule has 0 aromatic heterocycles. The van der Waals surface area contributed by atoms with Gasteiger partial charge in [-0.1, -0.05) is 31.2 Å². The van der Waals surface area contributed by atoms with Crippen LogP contribution in [0.15, 0.2) is 53.4 Å². The first-order valence-electron chi connectivity index (χ1n) is 9.24. The van der Waals surface area contributed by atoms with Crippen LogP contribution < -0.4 is 15.5 Å². The Morgan fingerprint density at radius 2 is 1.82 bits per heavy atom. The van der Waals surface area contributed by atoms with E-state index in [-0.39, 0.29) is 24.3 Å². The molecule has 0 fully saturated rings. The summed E-state index contributed by atoms with van der Waals surface area (Å²) >= 11 is 1.49. The van der Waals surface area contributed by atoms with E-state index >= 15 is 0 Å². The Morgan fingerprint density at radius 3 is 2.57 bits per heavy atom. The van der Waals surface area contributed by atoms with Gasteiger partial charge in [0.25, 0.3) is 0 Å². The molecule has 0 unspecified atom stereocenters. The van der Waals surface area contributed by atoms with Crippen LogP contribution in [0.1, 0.15) is 25.3 Å². The van der Waals surface area contributed by atoms with Gasteiger partial charge in [-0.2, -0.15) is 0 Å². The number of hydrogen-bond acceptors (Lipinski definition) is 4. The highest BCUT2D eigenvalue weighted by Gasteiger charge is 2.26. The second kappa shape index (κ2) is 9.41. The molecule has 0 spiro atoms. The molecular weight excluding hydrogens is 374 g/mol. The minimum atomic E-state index is -0.213. The third kappa shape index (κ3) is 5.13. The maximum absolute atomic E-state index is 12.4. The van der Waals surface area contributed by atoms with E-state index in [1.54, 1.807) is 0 Å². The molecule has 2 aromatic rings. The summed E-state index contributed by atoms with van der Waals surface area (Å²) in [5.74, 6) is 0.0600.